The maximum absolute atomic E-state index is 12.5. The van der Waals surface area contributed by atoms with Gasteiger partial charge in [-0.2, -0.15) is 34.2 Å². The van der Waals surface area contributed by atoms with Crippen LogP contribution in [0, 0.1) is 13.8 Å². The van der Waals surface area contributed by atoms with E-state index in [1.165, 1.54) is 13.8 Å². The zero-order chi connectivity index (χ0) is 15.4. The molecule has 0 heterocycles. The minimum absolute atomic E-state index is 0.0412. The summed E-state index contributed by atoms with van der Waals surface area (Å²) in [7, 11) is -4.75. The van der Waals surface area contributed by atoms with Crippen LogP contribution in [0.25, 0.3) is 0 Å². The van der Waals surface area contributed by atoms with Crippen molar-refractivity contribution in [2.75, 3.05) is 6.26 Å². The topological polar surface area (TPSA) is 63.6 Å². The molecular formula is C10H13F3O4S2. The second kappa shape index (κ2) is 6.49. The Morgan fingerprint density at radius 3 is 2.00 bits per heavy atom. The molecule has 0 aliphatic carbocycles. The number of alkyl halides is 3. The maximum atomic E-state index is 12.5. The Hall–Kier alpha value is -0.930. The van der Waals surface area contributed by atoms with Crippen molar-refractivity contribution in [3.8, 4) is 5.75 Å². The van der Waals surface area contributed by atoms with Gasteiger partial charge in [0.25, 0.3) is 0 Å². The van der Waals surface area contributed by atoms with Gasteiger partial charge in [0.15, 0.2) is 0 Å². The first-order valence-electron chi connectivity index (χ1n) is 4.81. The number of hydrogen-bond donors (Lipinski definition) is 2. The molecule has 0 fully saturated rings. The van der Waals surface area contributed by atoms with E-state index < -0.39 is 22.1 Å². The fourth-order valence-electron chi connectivity index (χ4n) is 1.30. The Kier molecular flexibility index (Phi) is 6.17. The van der Waals surface area contributed by atoms with Gasteiger partial charge in [-0.3, -0.25) is 4.55 Å². The molecule has 0 aliphatic rings. The largest absolute Gasteiger partial charge is 0.446 e. The van der Waals surface area contributed by atoms with E-state index in [9.17, 15) is 21.6 Å². The predicted octanol–water partition coefficient (Wildman–Crippen LogP) is 3.05. The molecule has 4 nitrogen and oxygen atoms in total. The first-order chi connectivity index (χ1) is 8.50. The highest BCUT2D eigenvalue weighted by atomic mass is 32.3. The van der Waals surface area contributed by atoms with Gasteiger partial charge in [0.2, 0.25) is 0 Å². The second-order valence-electron chi connectivity index (χ2n) is 3.44. The summed E-state index contributed by atoms with van der Waals surface area (Å²) in [5.74, 6) is -0.335. The first kappa shape index (κ1) is 18.1. The fourth-order valence-corrected chi connectivity index (χ4v) is 1.70. The molecule has 0 aromatic heterocycles. The van der Waals surface area contributed by atoms with Crippen LogP contribution in [0.1, 0.15) is 16.7 Å². The van der Waals surface area contributed by atoms with Crippen LogP contribution >= 0.6 is 12.6 Å². The van der Waals surface area contributed by atoms with Gasteiger partial charge in [0, 0.05) is 0 Å². The van der Waals surface area contributed by atoms with Gasteiger partial charge >= 0.3 is 16.6 Å². The summed E-state index contributed by atoms with van der Waals surface area (Å²) >= 11 is 3.53. The smallest absolute Gasteiger partial charge is 0.362 e. The molecule has 0 aliphatic heterocycles. The van der Waals surface area contributed by atoms with Gasteiger partial charge in [-0.1, -0.05) is 0 Å². The number of aryl methyl sites for hydroxylation is 2. The van der Waals surface area contributed by atoms with Crippen LogP contribution in [-0.4, -0.2) is 19.2 Å². The highest BCUT2D eigenvalue weighted by Crippen LogP contribution is 2.35. The molecule has 1 rings (SSSR count). The Labute approximate surface area is 114 Å². The van der Waals surface area contributed by atoms with Crippen LogP contribution in [0.4, 0.5) is 13.2 Å². The van der Waals surface area contributed by atoms with Crippen molar-refractivity contribution < 1.29 is 30.3 Å². The van der Waals surface area contributed by atoms with Crippen molar-refractivity contribution in [3.63, 3.8) is 0 Å². The average molecular weight is 318 g/mol. The van der Waals surface area contributed by atoms with Crippen LogP contribution in [-0.2, 0) is 16.6 Å². The summed E-state index contributed by atoms with van der Waals surface area (Å²) in [4.78, 5) is 0. The third kappa shape index (κ3) is 5.70. The number of benzene rings is 1. The number of halogens is 3. The molecule has 1 aromatic carbocycles. The van der Waals surface area contributed by atoms with Crippen LogP contribution in [0.15, 0.2) is 12.1 Å². The number of rotatable bonds is 2. The van der Waals surface area contributed by atoms with Crippen molar-refractivity contribution in [3.05, 3.63) is 28.8 Å². The quantitative estimate of drug-likeness (QED) is 0.650. The molecular weight excluding hydrogens is 305 g/mol. The van der Waals surface area contributed by atoms with Crippen LogP contribution < -0.4 is 4.18 Å². The lowest BCUT2D eigenvalue weighted by molar-refractivity contribution is -0.138. The van der Waals surface area contributed by atoms with Crippen LogP contribution in [0.2, 0.25) is 0 Å². The summed E-state index contributed by atoms with van der Waals surface area (Å²) in [6.45, 7) is 2.41. The Morgan fingerprint density at radius 2 is 1.63 bits per heavy atom. The third-order valence-electron chi connectivity index (χ3n) is 2.02. The molecule has 0 spiro atoms. The second-order valence-corrected chi connectivity index (χ2v) is 4.46. The summed E-state index contributed by atoms with van der Waals surface area (Å²) < 4.78 is 71.0. The predicted molar refractivity (Wildman–Crippen MR) is 68.0 cm³/mol. The third-order valence-corrected chi connectivity index (χ3v) is 2.41. The molecule has 9 heteroatoms. The van der Waals surface area contributed by atoms with E-state index in [4.69, 9.17) is 4.55 Å². The van der Waals surface area contributed by atoms with E-state index in [0.717, 1.165) is 12.1 Å². The molecule has 1 N–H and O–H groups in total. The van der Waals surface area contributed by atoms with Gasteiger partial charge in [-0.05, 0) is 43.4 Å². The van der Waals surface area contributed by atoms with Crippen molar-refractivity contribution in [1.29, 1.82) is 0 Å². The van der Waals surface area contributed by atoms with Gasteiger partial charge in [-0.25, -0.2) is 0 Å². The zero-order valence-corrected chi connectivity index (χ0v) is 12.0. The maximum Gasteiger partial charge on any atom is 0.446 e. The molecule has 0 bridgehead atoms. The van der Waals surface area contributed by atoms with Gasteiger partial charge in [-0.15, -0.1) is 0 Å². The fraction of sp³-hybridized carbons (Fsp3) is 0.400. The molecule has 19 heavy (non-hydrogen) atoms. The van der Waals surface area contributed by atoms with Gasteiger partial charge in [0.1, 0.15) is 5.75 Å². The lowest BCUT2D eigenvalue weighted by Crippen LogP contribution is -2.11. The highest BCUT2D eigenvalue weighted by Gasteiger charge is 2.33. The molecule has 0 amide bonds. The molecule has 0 radical (unpaired) electrons. The van der Waals surface area contributed by atoms with E-state index in [1.54, 1.807) is 6.26 Å². The van der Waals surface area contributed by atoms with Crippen LogP contribution in [0.3, 0.4) is 0 Å². The lowest BCUT2D eigenvalue weighted by Gasteiger charge is -2.13. The highest BCUT2D eigenvalue weighted by molar-refractivity contribution is 7.81. The number of thiol groups is 1. The van der Waals surface area contributed by atoms with E-state index in [1.807, 2.05) is 0 Å². The normalized spacial score (nSPS) is 11.6. The minimum Gasteiger partial charge on any atom is -0.362 e. The molecule has 0 saturated carbocycles. The van der Waals surface area contributed by atoms with E-state index in [-0.39, 0.29) is 16.9 Å². The summed E-state index contributed by atoms with van der Waals surface area (Å²) in [5.41, 5.74) is -1.11. The van der Waals surface area contributed by atoms with Crippen molar-refractivity contribution in [1.82, 2.24) is 0 Å². The molecule has 110 valence electrons. The summed E-state index contributed by atoms with van der Waals surface area (Å²) in [6.07, 6.45) is -2.83. The Balaban J connectivity index is 0.00000154. The van der Waals surface area contributed by atoms with Gasteiger partial charge < -0.3 is 4.18 Å². The minimum atomic E-state index is -4.75. The lowest BCUT2D eigenvalue weighted by atomic mass is 10.0. The number of hydrogen-bond acceptors (Lipinski definition) is 4. The van der Waals surface area contributed by atoms with Crippen LogP contribution in [0.5, 0.6) is 5.75 Å². The van der Waals surface area contributed by atoms with E-state index in [0.29, 0.717) is 0 Å². The Morgan fingerprint density at radius 1 is 1.16 bits per heavy atom. The monoisotopic (exact) mass is 318 g/mol. The van der Waals surface area contributed by atoms with E-state index in [2.05, 4.69) is 16.8 Å². The zero-order valence-electron chi connectivity index (χ0n) is 10.3. The first-order valence-corrected chi connectivity index (χ1v) is 7.07. The van der Waals surface area contributed by atoms with Crippen molar-refractivity contribution in [2.24, 2.45) is 0 Å². The van der Waals surface area contributed by atoms with Crippen molar-refractivity contribution in [2.45, 2.75) is 20.0 Å². The molecule has 0 unspecified atom stereocenters. The molecule has 0 saturated heterocycles. The van der Waals surface area contributed by atoms with E-state index >= 15 is 0 Å². The summed E-state index contributed by atoms with van der Waals surface area (Å²) in [5, 5.41) is 0. The molecule has 0 atom stereocenters. The SMILES string of the molecule is CS.Cc1cc(C(F)(F)F)c(C)cc1OS(=O)(=O)O. The van der Waals surface area contributed by atoms with Crippen molar-refractivity contribution >= 4 is 23.0 Å². The average Bonchev–Trinajstić information content (AvgIpc) is 2.22. The van der Waals surface area contributed by atoms with Gasteiger partial charge in [0.05, 0.1) is 5.56 Å². The summed E-state index contributed by atoms with van der Waals surface area (Å²) in [6, 6.07) is 1.67. The molecule has 1 aromatic rings. The Bertz CT molecular complexity index is 538. The standard InChI is InChI=1S/C9H9F3O4S.CH4S/c1-5-4-8(16-17(13,14)15)6(2)3-7(5)9(10,11)12;1-2/h3-4H,1-2H3,(H,13,14,15);2H,1H3.